The van der Waals surface area contributed by atoms with Crippen molar-refractivity contribution in [3.8, 4) is 0 Å². The summed E-state index contributed by atoms with van der Waals surface area (Å²) in [6, 6.07) is 0. The van der Waals surface area contributed by atoms with E-state index in [0.29, 0.717) is 0 Å². The molecule has 0 aromatic heterocycles. The summed E-state index contributed by atoms with van der Waals surface area (Å²) >= 11 is 0. The molecule has 0 aliphatic carbocycles. The number of aliphatic hydroxyl groups is 1. The van der Waals surface area contributed by atoms with Gasteiger partial charge in [-0.2, -0.15) is 0 Å². The summed E-state index contributed by atoms with van der Waals surface area (Å²) < 4.78 is 0. The van der Waals surface area contributed by atoms with Crippen LogP contribution >= 0.6 is 0 Å². The third-order valence-electron chi connectivity index (χ3n) is 0. The highest BCUT2D eigenvalue weighted by Crippen LogP contribution is 1.26. The molecule has 0 aromatic rings. The van der Waals surface area contributed by atoms with Crippen LogP contribution in [0.5, 0.6) is 0 Å². The highest BCUT2D eigenvalue weighted by Gasteiger charge is 1.11. The van der Waals surface area contributed by atoms with Crippen LogP contribution in [-0.2, 0) is 0 Å². The van der Waals surface area contributed by atoms with Crippen LogP contribution in [0.15, 0.2) is 12.8 Å². The van der Waals surface area contributed by atoms with Crippen molar-refractivity contribution in [3.05, 3.63) is 12.8 Å². The van der Waals surface area contributed by atoms with E-state index in [2.05, 4.69) is 6.58 Å². The summed E-state index contributed by atoms with van der Waals surface area (Å²) in [5.41, 5.74) is 0. The Bertz CT molecular complexity index is 11.1. The predicted octanol–water partition coefficient (Wildman–Crippen LogP) is 1.71. The molecule has 1 nitrogen and oxygen atoms in total. The summed E-state index contributed by atoms with van der Waals surface area (Å²) in [6.45, 7) is 6.92. The van der Waals surface area contributed by atoms with Gasteiger partial charge in [-0.05, 0) is 0 Å². The van der Waals surface area contributed by atoms with E-state index >= 15 is 0 Å². The monoisotopic (exact) mass is 74.1 g/mol. The lowest BCUT2D eigenvalue weighted by molar-refractivity contribution is 0.476. The number of hydrogen-bond acceptors (Lipinski definition) is 1. The molecular formula is C4H10O. The molecule has 0 saturated heterocycles. The zero-order valence-corrected chi connectivity index (χ0v) is 3.73. The molecule has 0 radical (unpaired) electrons. The lowest BCUT2D eigenvalue weighted by Gasteiger charge is -1.41. The standard InChI is InChI=1S/C2H4O.C2H6/c1-2-3;1-2/h2-3H,1H2;1-2H3. The molecule has 0 aliphatic rings. The molecule has 0 aromatic carbocycles. The quantitative estimate of drug-likeness (QED) is 0.434. The minimum atomic E-state index is 0.750. The van der Waals surface area contributed by atoms with E-state index in [1.165, 1.54) is 0 Å². The van der Waals surface area contributed by atoms with Gasteiger partial charge in [0.15, 0.2) is 0 Å². The highest BCUT2D eigenvalue weighted by atomic mass is 16.2. The Morgan fingerprint density at radius 1 is 1.60 bits per heavy atom. The van der Waals surface area contributed by atoms with Gasteiger partial charge in [-0.3, -0.25) is 0 Å². The van der Waals surface area contributed by atoms with Crippen LogP contribution in [0.1, 0.15) is 13.8 Å². The van der Waals surface area contributed by atoms with Crippen molar-refractivity contribution in [1.29, 1.82) is 0 Å². The maximum Gasteiger partial charge on any atom is 0.0719 e. The Hall–Kier alpha value is -0.460. The van der Waals surface area contributed by atoms with E-state index in [4.69, 9.17) is 5.11 Å². The van der Waals surface area contributed by atoms with Gasteiger partial charge >= 0.3 is 0 Å². The second kappa shape index (κ2) is 78.3. The largest absolute Gasteiger partial charge is 0.516 e. The van der Waals surface area contributed by atoms with Crippen molar-refractivity contribution in [3.63, 3.8) is 0 Å². The van der Waals surface area contributed by atoms with Gasteiger partial charge < -0.3 is 5.11 Å². The normalized spacial score (nSPS) is 3.60. The molecule has 0 spiro atoms. The number of aliphatic hydroxyl groups excluding tert-OH is 1. The maximum absolute atomic E-state index is 7.33. The fourth-order valence-corrected chi connectivity index (χ4v) is 0. The van der Waals surface area contributed by atoms with E-state index in [1.807, 2.05) is 13.8 Å². The van der Waals surface area contributed by atoms with Gasteiger partial charge in [0.05, 0.1) is 6.26 Å². The van der Waals surface area contributed by atoms with Crippen molar-refractivity contribution in [1.82, 2.24) is 0 Å². The Balaban J connectivity index is 0. The molecule has 0 amide bonds. The maximum atomic E-state index is 7.33. The molecule has 0 bridgehead atoms. The Kier molecular flexibility index (Phi) is 138. The SMILES string of the molecule is C=CO.CC. The molecule has 0 aliphatic heterocycles. The zero-order chi connectivity index (χ0) is 4.71. The van der Waals surface area contributed by atoms with Gasteiger partial charge in [-0.1, -0.05) is 20.4 Å². The van der Waals surface area contributed by atoms with Gasteiger partial charge in [-0.15, -0.1) is 0 Å². The van der Waals surface area contributed by atoms with Crippen LogP contribution in [0.2, 0.25) is 0 Å². The second-order valence-corrected chi connectivity index (χ2v) is 0.183. The van der Waals surface area contributed by atoms with Crippen molar-refractivity contribution in [2.75, 3.05) is 0 Å². The Labute approximate surface area is 32.9 Å². The fraction of sp³-hybridized carbons (Fsp3) is 0.500. The number of rotatable bonds is 0. The minimum absolute atomic E-state index is 0.750. The molecule has 1 N–H and O–H groups in total. The smallest absolute Gasteiger partial charge is 0.0719 e. The van der Waals surface area contributed by atoms with Crippen molar-refractivity contribution in [2.45, 2.75) is 13.8 Å². The first kappa shape index (κ1) is 8.82. The molecule has 0 saturated carbocycles. The lowest BCUT2D eigenvalue weighted by Crippen LogP contribution is -1.25. The van der Waals surface area contributed by atoms with Crippen molar-refractivity contribution < 1.29 is 5.11 Å². The molecule has 0 unspecified atom stereocenters. The molecule has 1 heteroatoms. The van der Waals surface area contributed by atoms with Crippen LogP contribution < -0.4 is 0 Å². The zero-order valence-electron chi connectivity index (χ0n) is 3.73. The van der Waals surface area contributed by atoms with Crippen LogP contribution in [0.4, 0.5) is 0 Å². The van der Waals surface area contributed by atoms with Gasteiger partial charge in [0.1, 0.15) is 0 Å². The lowest BCUT2D eigenvalue weighted by atomic mass is 11.0. The van der Waals surface area contributed by atoms with Gasteiger partial charge in [0.2, 0.25) is 0 Å². The first-order valence-corrected chi connectivity index (χ1v) is 1.67. The third kappa shape index (κ3) is 39.7. The topological polar surface area (TPSA) is 20.2 Å². The van der Waals surface area contributed by atoms with E-state index in [0.717, 1.165) is 6.26 Å². The summed E-state index contributed by atoms with van der Waals surface area (Å²) in [7, 11) is 0. The average molecular weight is 74.1 g/mol. The number of hydrogen-bond donors (Lipinski definition) is 1. The molecule has 0 atom stereocenters. The van der Waals surface area contributed by atoms with Crippen LogP contribution in [-0.4, -0.2) is 5.11 Å². The van der Waals surface area contributed by atoms with Crippen molar-refractivity contribution in [2.24, 2.45) is 0 Å². The Morgan fingerprint density at radius 2 is 1.60 bits per heavy atom. The van der Waals surface area contributed by atoms with Gasteiger partial charge in [-0.25, -0.2) is 0 Å². The molecule has 0 fully saturated rings. The van der Waals surface area contributed by atoms with Crippen LogP contribution in [0.25, 0.3) is 0 Å². The van der Waals surface area contributed by atoms with Crippen LogP contribution in [0, 0.1) is 0 Å². The first-order chi connectivity index (χ1) is 2.41. The second-order valence-electron chi connectivity index (χ2n) is 0.183. The Morgan fingerprint density at radius 3 is 1.60 bits per heavy atom. The summed E-state index contributed by atoms with van der Waals surface area (Å²) in [4.78, 5) is 0. The summed E-state index contributed by atoms with van der Waals surface area (Å²) in [5, 5.41) is 7.33. The summed E-state index contributed by atoms with van der Waals surface area (Å²) in [5.74, 6) is 0. The average Bonchev–Trinajstić information content (AvgIpc) is 1.46. The van der Waals surface area contributed by atoms with E-state index < -0.39 is 0 Å². The van der Waals surface area contributed by atoms with Crippen LogP contribution in [0.3, 0.4) is 0 Å². The molecule has 0 rings (SSSR count). The van der Waals surface area contributed by atoms with E-state index in [9.17, 15) is 0 Å². The van der Waals surface area contributed by atoms with E-state index in [-0.39, 0.29) is 0 Å². The van der Waals surface area contributed by atoms with Gasteiger partial charge in [0.25, 0.3) is 0 Å². The molecule has 0 heterocycles. The summed E-state index contributed by atoms with van der Waals surface area (Å²) in [6.07, 6.45) is 0.750. The molecule has 32 valence electrons. The third-order valence-corrected chi connectivity index (χ3v) is 0. The first-order valence-electron chi connectivity index (χ1n) is 1.67. The molecule has 5 heavy (non-hydrogen) atoms. The highest BCUT2D eigenvalue weighted by molar-refractivity contribution is 4.38. The predicted molar refractivity (Wildman–Crippen MR) is 24.2 cm³/mol. The van der Waals surface area contributed by atoms with E-state index in [1.54, 1.807) is 0 Å². The minimum Gasteiger partial charge on any atom is -0.516 e. The van der Waals surface area contributed by atoms with Crippen molar-refractivity contribution >= 4 is 0 Å². The van der Waals surface area contributed by atoms with Gasteiger partial charge in [0, 0.05) is 0 Å². The fourth-order valence-electron chi connectivity index (χ4n) is 0. The molecular weight excluding hydrogens is 64.0 g/mol.